The van der Waals surface area contributed by atoms with E-state index in [1.807, 2.05) is 39.0 Å². The van der Waals surface area contributed by atoms with E-state index in [1.165, 1.54) is 16.8 Å². The Morgan fingerprint density at radius 1 is 1.12 bits per heavy atom. The number of pyridine rings is 1. The Morgan fingerprint density at radius 3 is 2.57 bits per heavy atom. The second-order valence-corrected chi connectivity index (χ2v) is 16.9. The Balaban J connectivity index is 1.53. The first-order valence-corrected chi connectivity index (χ1v) is 20.3. The summed E-state index contributed by atoms with van der Waals surface area (Å²) < 4.78 is 14.1. The van der Waals surface area contributed by atoms with Crippen molar-refractivity contribution >= 4 is 34.6 Å². The molecule has 2 aromatic heterocycles. The number of carbonyl (C=O) groups excluding carboxylic acids is 4. The van der Waals surface area contributed by atoms with Gasteiger partial charge < -0.3 is 29.4 Å². The third-order valence-electron chi connectivity index (χ3n) is 11.5. The van der Waals surface area contributed by atoms with Gasteiger partial charge in [0.1, 0.15) is 23.9 Å². The van der Waals surface area contributed by atoms with Crippen LogP contribution in [0.5, 0.6) is 5.75 Å². The van der Waals surface area contributed by atoms with E-state index in [2.05, 4.69) is 54.3 Å². The van der Waals surface area contributed by atoms with E-state index < -0.39 is 41.3 Å². The molecular formula is C45H58N6O7. The summed E-state index contributed by atoms with van der Waals surface area (Å²) in [5.74, 6) is -1.90. The molecule has 6 bridgehead atoms. The molecule has 58 heavy (non-hydrogen) atoms. The summed E-state index contributed by atoms with van der Waals surface area (Å²) in [6.45, 7) is 14.5. The highest BCUT2D eigenvalue weighted by Gasteiger charge is 2.37. The summed E-state index contributed by atoms with van der Waals surface area (Å²) in [4.78, 5) is 60.7. The minimum Gasteiger partial charge on any atom is -0.508 e. The number of hydrogen-bond donors (Lipinski definition) is 3. The summed E-state index contributed by atoms with van der Waals surface area (Å²) in [7, 11) is 3.24. The van der Waals surface area contributed by atoms with Crippen LogP contribution in [0.4, 0.5) is 0 Å². The number of aromatic nitrogens is 2. The summed E-state index contributed by atoms with van der Waals surface area (Å²) >= 11 is 0. The van der Waals surface area contributed by atoms with Gasteiger partial charge in [-0.3, -0.25) is 29.2 Å². The molecule has 1 saturated heterocycles. The van der Waals surface area contributed by atoms with E-state index in [9.17, 15) is 24.3 Å². The van der Waals surface area contributed by atoms with Gasteiger partial charge in [0, 0.05) is 68.7 Å². The number of cyclic esters (lactones) is 1. The molecule has 2 aromatic carbocycles. The first-order chi connectivity index (χ1) is 27.5. The monoisotopic (exact) mass is 794 g/mol. The number of benzene rings is 2. The van der Waals surface area contributed by atoms with Gasteiger partial charge in [-0.2, -0.15) is 0 Å². The highest BCUT2D eigenvalue weighted by atomic mass is 16.5. The molecule has 1 unspecified atom stereocenters. The number of phenolic OH excluding ortho intramolecular Hbond substituents is 1. The van der Waals surface area contributed by atoms with Crippen LogP contribution in [-0.4, -0.2) is 93.7 Å². The van der Waals surface area contributed by atoms with Crippen molar-refractivity contribution in [1.82, 2.24) is 30.2 Å². The fraction of sp³-hybridized carbons (Fsp3) is 0.489. The maximum absolute atomic E-state index is 14.4. The number of hydrazine groups is 1. The van der Waals surface area contributed by atoms with Gasteiger partial charge in [0.15, 0.2) is 0 Å². The Labute approximate surface area is 341 Å². The zero-order valence-corrected chi connectivity index (χ0v) is 35.2. The van der Waals surface area contributed by atoms with Crippen molar-refractivity contribution in [2.24, 2.45) is 11.3 Å². The fourth-order valence-electron chi connectivity index (χ4n) is 8.45. The second kappa shape index (κ2) is 17.3. The number of phenols is 1. The smallest absolute Gasteiger partial charge is 0.324 e. The molecule has 2 aliphatic heterocycles. The molecule has 4 atom stereocenters. The Hall–Kier alpha value is -5.27. The van der Waals surface area contributed by atoms with Crippen LogP contribution in [0.1, 0.15) is 84.2 Å². The molecule has 0 aliphatic carbocycles. The van der Waals surface area contributed by atoms with E-state index in [1.54, 1.807) is 32.5 Å². The number of ether oxygens (including phenoxy) is 2. The number of carbonyl (C=O) groups is 4. The second-order valence-electron chi connectivity index (χ2n) is 16.9. The number of amides is 3. The molecule has 310 valence electrons. The van der Waals surface area contributed by atoms with E-state index >= 15 is 0 Å². The van der Waals surface area contributed by atoms with Crippen molar-refractivity contribution in [1.29, 1.82) is 0 Å². The number of aryl methyl sites for hydroxylation is 1. The van der Waals surface area contributed by atoms with Crippen LogP contribution < -0.4 is 10.7 Å². The van der Waals surface area contributed by atoms with Crippen LogP contribution in [0.25, 0.3) is 33.3 Å². The minimum absolute atomic E-state index is 0.0107. The minimum atomic E-state index is -1.10. The van der Waals surface area contributed by atoms with Crippen molar-refractivity contribution in [2.75, 3.05) is 27.3 Å². The molecule has 13 nitrogen and oxygen atoms in total. The number of methoxy groups -OCH3 is 1. The van der Waals surface area contributed by atoms with Gasteiger partial charge in [-0.05, 0) is 97.7 Å². The average molecular weight is 795 g/mol. The largest absolute Gasteiger partial charge is 0.508 e. The van der Waals surface area contributed by atoms with E-state index in [4.69, 9.17) is 14.5 Å². The van der Waals surface area contributed by atoms with Crippen molar-refractivity contribution in [2.45, 2.75) is 105 Å². The number of likely N-dealkylation sites (N-methyl/N-ethyl adjacent to an activating group) is 1. The number of hydrogen-bond acceptors (Lipinski definition) is 9. The van der Waals surface area contributed by atoms with Crippen LogP contribution in [0, 0.1) is 11.3 Å². The zero-order valence-electron chi connectivity index (χ0n) is 35.2. The van der Waals surface area contributed by atoms with Gasteiger partial charge in [-0.15, -0.1) is 0 Å². The molecule has 0 spiro atoms. The van der Waals surface area contributed by atoms with E-state index in [-0.39, 0.29) is 36.7 Å². The number of fused-ring (bicyclic) bond motifs is 6. The topological polar surface area (TPSA) is 155 Å². The van der Waals surface area contributed by atoms with Crippen LogP contribution in [0.3, 0.4) is 0 Å². The lowest BCUT2D eigenvalue weighted by atomic mass is 9.84. The molecule has 6 rings (SSSR count). The zero-order chi connectivity index (χ0) is 42.1. The van der Waals surface area contributed by atoms with Crippen LogP contribution in [0.2, 0.25) is 0 Å². The van der Waals surface area contributed by atoms with Crippen LogP contribution in [0.15, 0.2) is 54.7 Å². The average Bonchev–Trinajstić information content (AvgIpc) is 3.49. The molecule has 4 aromatic rings. The molecule has 4 heterocycles. The first-order valence-electron chi connectivity index (χ1n) is 20.3. The van der Waals surface area contributed by atoms with Crippen LogP contribution >= 0.6 is 0 Å². The fourth-order valence-corrected chi connectivity index (χ4v) is 8.45. The van der Waals surface area contributed by atoms with E-state index in [0.717, 1.165) is 44.5 Å². The number of nitrogens with zero attached hydrogens (tertiary/aromatic N) is 4. The standard InChI is InChI=1S/C45H58N6O7/c1-10-50-38-16-15-30-23-34(38)35(41(50)33-13-11-17-46-39(33)27(4)57-9)24-45(6,7)25-58-44(56)36-14-12-18-51(48-36)43(55)37(21-29-19-31(30)22-32(53)20-29)47-42(54)40(26(2)3)49(8)28(5)52/h11,13,15-17,19-20,22-23,26-27,36-37,40,48,53H,10,12,14,18,21,24-25H2,1-9H3,(H,47,54)/t27-,36-,37-,40?/m0/s1. The lowest BCUT2D eigenvalue weighted by Gasteiger charge is -2.36. The Bertz CT molecular complexity index is 2200. The number of rotatable bonds is 8. The Morgan fingerprint density at radius 2 is 1.88 bits per heavy atom. The van der Waals surface area contributed by atoms with Crippen molar-refractivity contribution < 1.29 is 33.8 Å². The maximum atomic E-state index is 14.4. The third-order valence-corrected chi connectivity index (χ3v) is 11.5. The number of nitrogens with one attached hydrogen (secondary N) is 2. The lowest BCUT2D eigenvalue weighted by Crippen LogP contribution is -2.62. The number of esters is 1. The first kappa shape index (κ1) is 42.3. The lowest BCUT2D eigenvalue weighted by molar-refractivity contribution is -0.155. The van der Waals surface area contributed by atoms with Crippen molar-refractivity contribution in [3.05, 3.63) is 71.5 Å². The molecule has 3 amide bonds. The molecule has 0 saturated carbocycles. The van der Waals surface area contributed by atoms with Gasteiger partial charge in [0.05, 0.1) is 24.1 Å². The van der Waals surface area contributed by atoms with Gasteiger partial charge in [0.25, 0.3) is 5.91 Å². The van der Waals surface area contributed by atoms with Gasteiger partial charge in [-0.25, -0.2) is 5.43 Å². The maximum Gasteiger partial charge on any atom is 0.324 e. The van der Waals surface area contributed by atoms with Gasteiger partial charge in [-0.1, -0.05) is 39.8 Å². The molecule has 3 N–H and O–H groups in total. The predicted octanol–water partition coefficient (Wildman–Crippen LogP) is 5.95. The SMILES string of the molecule is CCn1c(-c2cccnc2[C@H](C)OC)c2c3cc(ccc31)-c1cc(O)cc(c1)C[C@H](NC(=O)C(C(C)C)N(C)C(C)=O)C(=O)N1CCC[C@H](N1)C(=O)OCC(C)(C)C2. The molecule has 0 radical (unpaired) electrons. The highest BCUT2D eigenvalue weighted by molar-refractivity contribution is 5.96. The highest BCUT2D eigenvalue weighted by Crippen LogP contribution is 2.42. The normalized spacial score (nSPS) is 19.7. The van der Waals surface area contributed by atoms with Crippen molar-refractivity contribution in [3.8, 4) is 28.1 Å². The predicted molar refractivity (Wildman–Crippen MR) is 222 cm³/mol. The summed E-state index contributed by atoms with van der Waals surface area (Å²) in [6, 6.07) is 12.8. The quantitative estimate of drug-likeness (QED) is 0.184. The van der Waals surface area contributed by atoms with Gasteiger partial charge in [0.2, 0.25) is 11.8 Å². The van der Waals surface area contributed by atoms with E-state index in [0.29, 0.717) is 37.9 Å². The summed E-state index contributed by atoms with van der Waals surface area (Å²) in [5, 5.41) is 16.5. The molecule has 13 heteroatoms. The van der Waals surface area contributed by atoms with Gasteiger partial charge >= 0.3 is 5.97 Å². The molecule has 1 fully saturated rings. The molecular weight excluding hydrogens is 737 g/mol. The molecule has 2 aliphatic rings. The third kappa shape index (κ3) is 8.75. The number of aromatic hydroxyl groups is 1. The summed E-state index contributed by atoms with van der Waals surface area (Å²) in [6.07, 6.45) is 3.11. The Kier molecular flexibility index (Phi) is 12.6. The van der Waals surface area contributed by atoms with Crippen molar-refractivity contribution in [3.63, 3.8) is 0 Å². The van der Waals surface area contributed by atoms with Crippen LogP contribution in [-0.2, 0) is 48.0 Å². The summed E-state index contributed by atoms with van der Waals surface area (Å²) in [5.41, 5.74) is 9.68.